The van der Waals surface area contributed by atoms with Gasteiger partial charge in [0, 0.05) is 16.7 Å². The molecule has 0 unspecified atom stereocenters. The van der Waals surface area contributed by atoms with Crippen molar-refractivity contribution in [2.45, 2.75) is 12.1 Å². The van der Waals surface area contributed by atoms with Gasteiger partial charge in [0.05, 0.1) is 18.4 Å². The first-order valence-electron chi connectivity index (χ1n) is 10.3. The molecule has 3 aromatic heterocycles. The summed E-state index contributed by atoms with van der Waals surface area (Å²) in [6.45, 7) is 0. The normalized spacial score (nSPS) is 12.3. The minimum Gasteiger partial charge on any atom is -0.496 e. The maximum atomic E-state index is 14.6. The van der Waals surface area contributed by atoms with Gasteiger partial charge in [0.2, 0.25) is 5.82 Å². The molecule has 7 nitrogen and oxygen atoms in total. The van der Waals surface area contributed by atoms with Crippen molar-refractivity contribution in [2.24, 2.45) is 0 Å². The maximum absolute atomic E-state index is 14.6. The molecule has 5 aromatic rings. The second-order valence-electron chi connectivity index (χ2n) is 7.67. The third kappa shape index (κ3) is 4.35. The van der Waals surface area contributed by atoms with Crippen molar-refractivity contribution in [3.63, 3.8) is 0 Å². The summed E-state index contributed by atoms with van der Waals surface area (Å²) in [4.78, 5) is 8.29. The number of benzene rings is 2. The first-order chi connectivity index (χ1) is 17.5. The first kappa shape index (κ1) is 24.6. The van der Waals surface area contributed by atoms with Crippen LogP contribution in [-0.4, -0.2) is 38.0 Å². The molecule has 37 heavy (non-hydrogen) atoms. The van der Waals surface area contributed by atoms with E-state index in [4.69, 9.17) is 20.9 Å². The Morgan fingerprint density at radius 2 is 1.65 bits per heavy atom. The summed E-state index contributed by atoms with van der Waals surface area (Å²) in [5.41, 5.74) is -1.90. The number of ether oxygens (including phenoxy) is 1. The lowest BCUT2D eigenvalue weighted by molar-refractivity contribution is -0.291. The van der Waals surface area contributed by atoms with Gasteiger partial charge in [-0.2, -0.15) is 32.0 Å². The van der Waals surface area contributed by atoms with Crippen LogP contribution in [0.5, 0.6) is 5.75 Å². The van der Waals surface area contributed by atoms with E-state index in [0.29, 0.717) is 26.9 Å². The predicted molar refractivity (Wildman–Crippen MR) is 119 cm³/mol. The molecule has 0 saturated carbocycles. The summed E-state index contributed by atoms with van der Waals surface area (Å²) in [5, 5.41) is 7.99. The lowest BCUT2D eigenvalue weighted by Crippen LogP contribution is -2.35. The van der Waals surface area contributed by atoms with Crippen LogP contribution in [0.1, 0.15) is 5.69 Å². The second-order valence-corrected chi connectivity index (χ2v) is 8.11. The topological polar surface area (TPSA) is 78.3 Å². The van der Waals surface area contributed by atoms with E-state index in [9.17, 15) is 26.3 Å². The highest BCUT2D eigenvalue weighted by molar-refractivity contribution is 6.30. The van der Waals surface area contributed by atoms with Gasteiger partial charge in [0.15, 0.2) is 11.3 Å². The molecule has 0 spiro atoms. The quantitative estimate of drug-likeness (QED) is 0.235. The lowest BCUT2D eigenvalue weighted by atomic mass is 10.1. The Morgan fingerprint density at radius 3 is 2.32 bits per heavy atom. The smallest absolute Gasteiger partial charge is 0.459 e. The molecule has 0 radical (unpaired) electrons. The minimum atomic E-state index is -5.94. The van der Waals surface area contributed by atoms with Gasteiger partial charge in [-0.15, -0.1) is 0 Å². The highest BCUT2D eigenvalue weighted by atomic mass is 35.5. The number of methoxy groups -OCH3 is 1. The van der Waals surface area contributed by atoms with Crippen LogP contribution in [0, 0.1) is 5.82 Å². The number of hydrogen-bond donors (Lipinski definition) is 0. The van der Waals surface area contributed by atoms with Gasteiger partial charge in [0.1, 0.15) is 17.3 Å². The Kier molecular flexibility index (Phi) is 5.82. The van der Waals surface area contributed by atoms with Crippen molar-refractivity contribution in [3.05, 3.63) is 71.1 Å². The zero-order chi connectivity index (χ0) is 26.5. The third-order valence-corrected chi connectivity index (χ3v) is 5.53. The maximum Gasteiger partial charge on any atom is 0.459 e. The summed E-state index contributed by atoms with van der Waals surface area (Å²) in [6.07, 6.45) is -5.94. The molecule has 14 heteroatoms. The van der Waals surface area contributed by atoms with Gasteiger partial charge in [-0.1, -0.05) is 16.8 Å². The van der Waals surface area contributed by atoms with Gasteiger partial charge in [-0.25, -0.2) is 13.9 Å². The molecule has 3 heterocycles. The SMILES string of the molecule is COc1ccc(Cl)cc1-c1noc(-c2cc3nc(-c4ccc(F)cc4)cc(C(F)(F)C(F)(F)F)n3n2)n1. The molecule has 0 aliphatic rings. The fourth-order valence-corrected chi connectivity index (χ4v) is 3.68. The molecule has 0 fully saturated rings. The molecular formula is C23H12ClF6N5O2. The van der Waals surface area contributed by atoms with E-state index in [1.807, 2.05) is 0 Å². The van der Waals surface area contributed by atoms with Crippen LogP contribution in [0.3, 0.4) is 0 Å². The standard InChI is InChI=1S/C23H12ClF6N5O2/c1-36-17-7-4-12(24)8-14(17)20-32-21(37-34-20)16-10-19-31-15(11-2-5-13(25)6-3-11)9-18(35(19)33-16)22(26,27)23(28,29)30/h2-10H,1H3. The van der Waals surface area contributed by atoms with E-state index in [0.717, 1.165) is 18.2 Å². The van der Waals surface area contributed by atoms with E-state index in [2.05, 4.69) is 20.2 Å². The molecule has 0 bridgehead atoms. The Labute approximate surface area is 208 Å². The van der Waals surface area contributed by atoms with Crippen LogP contribution in [-0.2, 0) is 5.92 Å². The van der Waals surface area contributed by atoms with E-state index in [1.54, 1.807) is 12.1 Å². The molecule has 0 aliphatic carbocycles. The molecule has 0 atom stereocenters. The van der Waals surface area contributed by atoms with Crippen LogP contribution in [0.2, 0.25) is 5.02 Å². The second kappa shape index (κ2) is 8.76. The predicted octanol–water partition coefficient (Wildman–Crippen LogP) is 6.57. The van der Waals surface area contributed by atoms with Crippen LogP contribution >= 0.6 is 11.6 Å². The zero-order valence-corrected chi connectivity index (χ0v) is 19.2. The molecule has 0 N–H and O–H groups in total. The first-order valence-corrected chi connectivity index (χ1v) is 10.7. The third-order valence-electron chi connectivity index (χ3n) is 5.29. The lowest BCUT2D eigenvalue weighted by Gasteiger charge is -2.21. The van der Waals surface area contributed by atoms with E-state index in [-0.39, 0.29) is 34.3 Å². The van der Waals surface area contributed by atoms with Crippen LogP contribution in [0.25, 0.3) is 39.9 Å². The monoisotopic (exact) mass is 539 g/mol. The number of aromatic nitrogens is 5. The number of alkyl halides is 5. The Bertz CT molecular complexity index is 1610. The highest BCUT2D eigenvalue weighted by Gasteiger charge is 2.60. The minimum absolute atomic E-state index is 0.00668. The molecule has 0 saturated heterocycles. The van der Waals surface area contributed by atoms with Crippen molar-refractivity contribution in [1.29, 1.82) is 0 Å². The number of rotatable bonds is 5. The number of hydrogen-bond acceptors (Lipinski definition) is 6. The fourth-order valence-electron chi connectivity index (χ4n) is 3.51. The average Bonchev–Trinajstić information content (AvgIpc) is 3.50. The van der Waals surface area contributed by atoms with E-state index >= 15 is 0 Å². The number of halogens is 7. The fraction of sp³-hybridized carbons (Fsp3) is 0.130. The molecule has 0 amide bonds. The van der Waals surface area contributed by atoms with Crippen LogP contribution < -0.4 is 4.74 Å². The van der Waals surface area contributed by atoms with Gasteiger partial charge in [-0.05, 0) is 48.5 Å². The summed E-state index contributed by atoms with van der Waals surface area (Å²) in [6, 6.07) is 10.7. The highest BCUT2D eigenvalue weighted by Crippen LogP contribution is 2.44. The van der Waals surface area contributed by atoms with E-state index in [1.165, 1.54) is 25.3 Å². The summed E-state index contributed by atoms with van der Waals surface area (Å²) >= 11 is 6.02. The van der Waals surface area contributed by atoms with Crippen LogP contribution in [0.4, 0.5) is 26.3 Å². The molecule has 0 aliphatic heterocycles. The molecule has 2 aromatic carbocycles. The van der Waals surface area contributed by atoms with E-state index < -0.39 is 23.6 Å². The largest absolute Gasteiger partial charge is 0.496 e. The zero-order valence-electron chi connectivity index (χ0n) is 18.4. The van der Waals surface area contributed by atoms with Gasteiger partial charge in [-0.3, -0.25) is 0 Å². The van der Waals surface area contributed by atoms with Crippen molar-refractivity contribution in [3.8, 4) is 40.0 Å². The van der Waals surface area contributed by atoms with Gasteiger partial charge in [0.25, 0.3) is 5.89 Å². The Hall–Kier alpha value is -4.13. The average molecular weight is 540 g/mol. The number of nitrogens with zero attached hydrogens (tertiary/aromatic N) is 5. The Morgan fingerprint density at radius 1 is 0.919 bits per heavy atom. The van der Waals surface area contributed by atoms with Crippen molar-refractivity contribution >= 4 is 17.2 Å². The van der Waals surface area contributed by atoms with Crippen molar-refractivity contribution in [1.82, 2.24) is 24.7 Å². The summed E-state index contributed by atoms with van der Waals surface area (Å²) < 4.78 is 93.2. The van der Waals surface area contributed by atoms with Crippen LogP contribution in [0.15, 0.2) is 59.1 Å². The van der Waals surface area contributed by atoms with Gasteiger partial charge >= 0.3 is 12.1 Å². The molecule has 190 valence electrons. The van der Waals surface area contributed by atoms with Crippen molar-refractivity contribution < 1.29 is 35.6 Å². The summed E-state index contributed by atoms with van der Waals surface area (Å²) in [5.74, 6) is -5.86. The molecular weight excluding hydrogens is 528 g/mol. The Balaban J connectivity index is 1.67. The molecule has 5 rings (SSSR count). The number of fused-ring (bicyclic) bond motifs is 1. The van der Waals surface area contributed by atoms with Crippen molar-refractivity contribution in [2.75, 3.05) is 7.11 Å². The summed E-state index contributed by atoms with van der Waals surface area (Å²) in [7, 11) is 1.41. The van der Waals surface area contributed by atoms with Gasteiger partial charge < -0.3 is 9.26 Å².